The van der Waals surface area contributed by atoms with Crippen LogP contribution in [-0.2, 0) is 11.2 Å². The molecule has 2 rings (SSSR count). The quantitative estimate of drug-likeness (QED) is 0.914. The van der Waals surface area contributed by atoms with Crippen molar-refractivity contribution in [3.05, 3.63) is 59.7 Å². The fourth-order valence-corrected chi connectivity index (χ4v) is 1.55. The first-order valence-electron chi connectivity index (χ1n) is 5.57. The summed E-state index contributed by atoms with van der Waals surface area (Å²) in [4.78, 5) is 15.3. The Balaban J connectivity index is 2.01. The maximum absolute atomic E-state index is 13.3. The van der Waals surface area contributed by atoms with Gasteiger partial charge in [-0.3, -0.25) is 9.78 Å². The Kier molecular flexibility index (Phi) is 3.84. The molecule has 1 N–H and O–H groups in total. The lowest BCUT2D eigenvalue weighted by Crippen LogP contribution is -2.15. The minimum Gasteiger partial charge on any atom is -0.323 e. The third kappa shape index (κ3) is 3.36. The number of hydrogen-bond donors (Lipinski definition) is 1. The number of aromatic nitrogens is 1. The number of benzene rings is 1. The van der Waals surface area contributed by atoms with Crippen LogP contribution in [-0.4, -0.2) is 10.9 Å². The number of nitrogens with zero attached hydrogens (tertiary/aromatic N) is 2. The molecule has 5 heteroatoms. The van der Waals surface area contributed by atoms with Gasteiger partial charge in [-0.2, -0.15) is 5.26 Å². The van der Waals surface area contributed by atoms with Crippen LogP contribution in [0, 0.1) is 17.1 Å². The van der Waals surface area contributed by atoms with E-state index in [0.717, 1.165) is 11.8 Å². The van der Waals surface area contributed by atoms with Crippen LogP contribution in [0.4, 0.5) is 10.1 Å². The predicted molar refractivity (Wildman–Crippen MR) is 67.7 cm³/mol. The second-order valence-corrected chi connectivity index (χ2v) is 3.89. The van der Waals surface area contributed by atoms with Crippen molar-refractivity contribution in [2.45, 2.75) is 6.42 Å². The highest BCUT2D eigenvalue weighted by Gasteiger charge is 2.07. The van der Waals surface area contributed by atoms with Gasteiger partial charge in [0, 0.05) is 6.20 Å². The molecule has 1 heterocycles. The molecule has 0 saturated heterocycles. The first kappa shape index (κ1) is 12.7. The number of nitrogens with one attached hydrogen (secondary N) is 1. The van der Waals surface area contributed by atoms with Crippen LogP contribution >= 0.6 is 0 Å². The molecule has 0 aliphatic heterocycles. The maximum Gasteiger partial charge on any atom is 0.228 e. The summed E-state index contributed by atoms with van der Waals surface area (Å²) in [5.74, 6) is -0.898. The lowest BCUT2D eigenvalue weighted by molar-refractivity contribution is -0.115. The molecule has 0 unspecified atom stereocenters. The molecule has 1 aromatic heterocycles. The lowest BCUT2D eigenvalue weighted by Gasteiger charge is -2.05. The number of carbonyl (C=O) groups is 1. The minimum absolute atomic E-state index is 0.105. The Bertz CT molecular complexity index is 632. The van der Waals surface area contributed by atoms with E-state index in [2.05, 4.69) is 10.3 Å². The molecule has 0 spiro atoms. The number of anilines is 1. The van der Waals surface area contributed by atoms with Crippen LogP contribution in [0.2, 0.25) is 0 Å². The van der Waals surface area contributed by atoms with Crippen molar-refractivity contribution in [2.24, 2.45) is 0 Å². The third-order valence-corrected chi connectivity index (χ3v) is 2.49. The number of pyridine rings is 1. The standard InChI is InChI=1S/C14H10FN3O/c15-12-9-17-6-5-13(12)18-14(19)7-10-1-3-11(8-16)4-2-10/h1-6,9H,7H2,(H,17,18,19). The zero-order valence-corrected chi connectivity index (χ0v) is 9.93. The Morgan fingerprint density at radius 3 is 2.68 bits per heavy atom. The fourth-order valence-electron chi connectivity index (χ4n) is 1.55. The maximum atomic E-state index is 13.3. The lowest BCUT2D eigenvalue weighted by atomic mass is 10.1. The van der Waals surface area contributed by atoms with E-state index < -0.39 is 5.82 Å². The first-order valence-corrected chi connectivity index (χ1v) is 5.57. The van der Waals surface area contributed by atoms with Crippen molar-refractivity contribution in [2.75, 3.05) is 5.32 Å². The van der Waals surface area contributed by atoms with E-state index in [4.69, 9.17) is 5.26 Å². The highest BCUT2D eigenvalue weighted by atomic mass is 19.1. The highest BCUT2D eigenvalue weighted by Crippen LogP contribution is 2.12. The second-order valence-electron chi connectivity index (χ2n) is 3.89. The van der Waals surface area contributed by atoms with Crippen LogP contribution < -0.4 is 5.32 Å². The number of halogens is 1. The largest absolute Gasteiger partial charge is 0.323 e. The molecule has 0 aliphatic carbocycles. The number of nitriles is 1. The number of rotatable bonds is 3. The van der Waals surface area contributed by atoms with Crippen molar-refractivity contribution in [3.8, 4) is 6.07 Å². The molecular formula is C14H10FN3O. The molecule has 0 radical (unpaired) electrons. The van der Waals surface area contributed by atoms with Gasteiger partial charge in [-0.05, 0) is 23.8 Å². The van der Waals surface area contributed by atoms with E-state index in [1.807, 2.05) is 6.07 Å². The van der Waals surface area contributed by atoms with E-state index in [0.29, 0.717) is 5.56 Å². The average Bonchev–Trinajstić information content (AvgIpc) is 2.42. The Morgan fingerprint density at radius 2 is 2.05 bits per heavy atom. The van der Waals surface area contributed by atoms with Crippen molar-refractivity contribution in [3.63, 3.8) is 0 Å². The van der Waals surface area contributed by atoms with Gasteiger partial charge in [0.1, 0.15) is 0 Å². The average molecular weight is 255 g/mol. The van der Waals surface area contributed by atoms with Gasteiger partial charge in [0.2, 0.25) is 5.91 Å². The van der Waals surface area contributed by atoms with Gasteiger partial charge in [0.15, 0.2) is 5.82 Å². The van der Waals surface area contributed by atoms with Gasteiger partial charge < -0.3 is 5.32 Å². The molecule has 0 saturated carbocycles. The number of hydrogen-bond acceptors (Lipinski definition) is 3. The minimum atomic E-state index is -0.573. The fraction of sp³-hybridized carbons (Fsp3) is 0.0714. The van der Waals surface area contributed by atoms with Crippen molar-refractivity contribution in [1.82, 2.24) is 4.98 Å². The zero-order valence-electron chi connectivity index (χ0n) is 9.93. The van der Waals surface area contributed by atoms with Crippen LogP contribution in [0.25, 0.3) is 0 Å². The summed E-state index contributed by atoms with van der Waals surface area (Å²) >= 11 is 0. The van der Waals surface area contributed by atoms with Crippen LogP contribution in [0.5, 0.6) is 0 Å². The summed E-state index contributed by atoms with van der Waals surface area (Å²) in [6, 6.07) is 10.1. The van der Waals surface area contributed by atoms with Gasteiger partial charge in [-0.25, -0.2) is 4.39 Å². The summed E-state index contributed by atoms with van der Waals surface area (Å²) in [7, 11) is 0. The summed E-state index contributed by atoms with van der Waals surface area (Å²) in [5.41, 5.74) is 1.39. The van der Waals surface area contributed by atoms with Crippen molar-refractivity contribution < 1.29 is 9.18 Å². The molecular weight excluding hydrogens is 245 g/mol. The molecule has 19 heavy (non-hydrogen) atoms. The Morgan fingerprint density at radius 1 is 1.32 bits per heavy atom. The van der Waals surface area contributed by atoms with Gasteiger partial charge in [-0.1, -0.05) is 12.1 Å². The first-order chi connectivity index (χ1) is 9.19. The van der Waals surface area contributed by atoms with Gasteiger partial charge in [-0.15, -0.1) is 0 Å². The van der Waals surface area contributed by atoms with Gasteiger partial charge in [0.25, 0.3) is 0 Å². The molecule has 4 nitrogen and oxygen atoms in total. The van der Waals surface area contributed by atoms with Crippen LogP contribution in [0.15, 0.2) is 42.7 Å². The van der Waals surface area contributed by atoms with Crippen LogP contribution in [0.3, 0.4) is 0 Å². The topological polar surface area (TPSA) is 65.8 Å². The Labute approximate surface area is 109 Å². The molecule has 94 valence electrons. The summed E-state index contributed by atoms with van der Waals surface area (Å²) in [6.45, 7) is 0. The third-order valence-electron chi connectivity index (χ3n) is 2.49. The molecule has 0 fully saturated rings. The second kappa shape index (κ2) is 5.74. The normalized spacial score (nSPS) is 9.68. The van der Waals surface area contributed by atoms with E-state index in [-0.39, 0.29) is 18.0 Å². The number of amides is 1. The molecule has 2 aromatic rings. The van der Waals surface area contributed by atoms with E-state index in [1.54, 1.807) is 24.3 Å². The van der Waals surface area contributed by atoms with E-state index in [9.17, 15) is 9.18 Å². The van der Waals surface area contributed by atoms with E-state index in [1.165, 1.54) is 12.3 Å². The zero-order chi connectivity index (χ0) is 13.7. The van der Waals surface area contributed by atoms with Crippen molar-refractivity contribution in [1.29, 1.82) is 5.26 Å². The molecule has 1 aromatic carbocycles. The van der Waals surface area contributed by atoms with Crippen molar-refractivity contribution >= 4 is 11.6 Å². The van der Waals surface area contributed by atoms with Crippen LogP contribution in [0.1, 0.15) is 11.1 Å². The monoisotopic (exact) mass is 255 g/mol. The smallest absolute Gasteiger partial charge is 0.228 e. The van der Waals surface area contributed by atoms with Gasteiger partial charge in [0.05, 0.1) is 29.9 Å². The molecule has 0 aliphatic rings. The number of carbonyl (C=O) groups excluding carboxylic acids is 1. The summed E-state index contributed by atoms with van der Waals surface area (Å²) in [5, 5.41) is 11.1. The molecule has 0 atom stereocenters. The predicted octanol–water partition coefficient (Wildman–Crippen LogP) is 2.27. The molecule has 1 amide bonds. The summed E-state index contributed by atoms with van der Waals surface area (Å²) in [6.07, 6.45) is 2.56. The van der Waals surface area contributed by atoms with E-state index >= 15 is 0 Å². The SMILES string of the molecule is N#Cc1ccc(CC(=O)Nc2ccncc2F)cc1. The summed E-state index contributed by atoms with van der Waals surface area (Å²) < 4.78 is 13.3. The molecule has 0 bridgehead atoms. The highest BCUT2D eigenvalue weighted by molar-refractivity contribution is 5.92. The van der Waals surface area contributed by atoms with Gasteiger partial charge >= 0.3 is 0 Å². The Hall–Kier alpha value is -2.74.